The summed E-state index contributed by atoms with van der Waals surface area (Å²) in [6, 6.07) is 5.90. The first kappa shape index (κ1) is 13.0. The van der Waals surface area contributed by atoms with E-state index in [0.29, 0.717) is 6.29 Å². The van der Waals surface area contributed by atoms with Gasteiger partial charge in [0.15, 0.2) is 12.0 Å². The van der Waals surface area contributed by atoms with Gasteiger partial charge >= 0.3 is 5.97 Å². The van der Waals surface area contributed by atoms with Gasteiger partial charge in [-0.2, -0.15) is 5.10 Å². The average Bonchev–Trinajstić information content (AvgIpc) is 2.84. The summed E-state index contributed by atoms with van der Waals surface area (Å²) in [6.07, 6.45) is 2.13. The summed E-state index contributed by atoms with van der Waals surface area (Å²) in [5.41, 5.74) is 3.15. The van der Waals surface area contributed by atoms with E-state index in [1.54, 1.807) is 0 Å². The van der Waals surface area contributed by atoms with Gasteiger partial charge in [-0.15, -0.1) is 0 Å². The van der Waals surface area contributed by atoms with Crippen LogP contribution in [0.4, 0.5) is 0 Å². The van der Waals surface area contributed by atoms with E-state index in [1.165, 1.54) is 18.0 Å². The first-order valence-electron chi connectivity index (χ1n) is 5.77. The second-order valence-corrected chi connectivity index (χ2v) is 4.28. The van der Waals surface area contributed by atoms with Gasteiger partial charge in [0.25, 0.3) is 0 Å². The number of esters is 1. The standard InChI is InChI=1S/C14H14N2O3/c1-9-4-5-10(2)12(6-9)16-7-11(8-17)13(15-16)14(18)19-3/h4-8H,1-3H3. The van der Waals surface area contributed by atoms with Crippen LogP contribution in [0.25, 0.3) is 5.69 Å². The van der Waals surface area contributed by atoms with Crippen LogP contribution in [0.3, 0.4) is 0 Å². The molecule has 0 N–H and O–H groups in total. The SMILES string of the molecule is COC(=O)c1nn(-c2cc(C)ccc2C)cc1C=O. The molecule has 1 heterocycles. The molecule has 98 valence electrons. The smallest absolute Gasteiger partial charge is 0.359 e. The Hall–Kier alpha value is -2.43. The van der Waals surface area contributed by atoms with Crippen molar-refractivity contribution in [3.63, 3.8) is 0 Å². The summed E-state index contributed by atoms with van der Waals surface area (Å²) in [6.45, 7) is 3.91. The summed E-state index contributed by atoms with van der Waals surface area (Å²) >= 11 is 0. The molecule has 0 aliphatic carbocycles. The topological polar surface area (TPSA) is 61.2 Å². The Morgan fingerprint density at radius 3 is 2.74 bits per heavy atom. The third-order valence-corrected chi connectivity index (χ3v) is 2.86. The first-order chi connectivity index (χ1) is 9.06. The number of rotatable bonds is 3. The minimum atomic E-state index is -0.619. The van der Waals surface area contributed by atoms with E-state index < -0.39 is 5.97 Å². The van der Waals surface area contributed by atoms with Gasteiger partial charge in [0.1, 0.15) is 0 Å². The Labute approximate surface area is 110 Å². The predicted octanol–water partition coefficient (Wildman–Crippen LogP) is 2.09. The highest BCUT2D eigenvalue weighted by molar-refractivity contribution is 5.96. The lowest BCUT2D eigenvalue weighted by atomic mass is 10.1. The van der Waals surface area contributed by atoms with Crippen LogP contribution in [-0.2, 0) is 4.74 Å². The molecule has 1 aromatic carbocycles. The number of aromatic nitrogens is 2. The zero-order chi connectivity index (χ0) is 14.0. The second-order valence-electron chi connectivity index (χ2n) is 4.28. The largest absolute Gasteiger partial charge is 0.464 e. The fraction of sp³-hybridized carbons (Fsp3) is 0.214. The number of hydrogen-bond donors (Lipinski definition) is 0. The van der Waals surface area contributed by atoms with E-state index in [9.17, 15) is 9.59 Å². The lowest BCUT2D eigenvalue weighted by molar-refractivity contribution is 0.0591. The van der Waals surface area contributed by atoms with Crippen molar-refractivity contribution >= 4 is 12.3 Å². The van der Waals surface area contributed by atoms with Crippen LogP contribution in [0.1, 0.15) is 32.0 Å². The molecule has 0 unspecified atom stereocenters. The van der Waals surface area contributed by atoms with E-state index in [0.717, 1.165) is 16.8 Å². The van der Waals surface area contributed by atoms with Crippen LogP contribution < -0.4 is 0 Å². The zero-order valence-corrected chi connectivity index (χ0v) is 11.0. The molecular weight excluding hydrogens is 244 g/mol. The van der Waals surface area contributed by atoms with Gasteiger partial charge in [0, 0.05) is 6.20 Å². The fourth-order valence-electron chi connectivity index (χ4n) is 1.82. The Balaban J connectivity index is 2.57. The maximum Gasteiger partial charge on any atom is 0.359 e. The van der Waals surface area contributed by atoms with Crippen molar-refractivity contribution in [1.29, 1.82) is 0 Å². The molecule has 0 atom stereocenters. The number of carbonyl (C=O) groups is 2. The molecule has 0 radical (unpaired) electrons. The summed E-state index contributed by atoms with van der Waals surface area (Å²) in [4.78, 5) is 22.5. The molecule has 0 fully saturated rings. The molecule has 0 aliphatic rings. The monoisotopic (exact) mass is 258 g/mol. The highest BCUT2D eigenvalue weighted by atomic mass is 16.5. The maximum atomic E-state index is 11.5. The van der Waals surface area contributed by atoms with E-state index in [2.05, 4.69) is 9.84 Å². The molecular formula is C14H14N2O3. The van der Waals surface area contributed by atoms with Gasteiger partial charge in [-0.3, -0.25) is 4.79 Å². The molecule has 0 aliphatic heterocycles. The Morgan fingerprint density at radius 2 is 2.11 bits per heavy atom. The van der Waals surface area contributed by atoms with Crippen LogP contribution in [0.2, 0.25) is 0 Å². The van der Waals surface area contributed by atoms with Crippen LogP contribution in [0, 0.1) is 13.8 Å². The lowest BCUT2D eigenvalue weighted by Gasteiger charge is -2.06. The molecule has 0 bridgehead atoms. The number of hydrogen-bond acceptors (Lipinski definition) is 4. The fourth-order valence-corrected chi connectivity index (χ4v) is 1.82. The lowest BCUT2D eigenvalue weighted by Crippen LogP contribution is -2.06. The predicted molar refractivity (Wildman–Crippen MR) is 69.8 cm³/mol. The van der Waals surface area contributed by atoms with E-state index >= 15 is 0 Å². The molecule has 1 aromatic heterocycles. The van der Waals surface area contributed by atoms with Gasteiger partial charge in [-0.05, 0) is 31.0 Å². The summed E-state index contributed by atoms with van der Waals surface area (Å²) < 4.78 is 6.13. The number of nitrogens with zero attached hydrogens (tertiary/aromatic N) is 2. The van der Waals surface area contributed by atoms with Gasteiger partial charge in [-0.1, -0.05) is 12.1 Å². The molecule has 0 saturated heterocycles. The van der Waals surface area contributed by atoms with Crippen molar-refractivity contribution < 1.29 is 14.3 Å². The molecule has 2 rings (SSSR count). The Bertz CT molecular complexity index is 644. The van der Waals surface area contributed by atoms with Gasteiger partial charge in [0.05, 0.1) is 18.4 Å². The number of carbonyl (C=O) groups excluding carboxylic acids is 2. The van der Waals surface area contributed by atoms with Crippen molar-refractivity contribution in [3.05, 3.63) is 46.8 Å². The molecule has 0 amide bonds. The van der Waals surface area contributed by atoms with Gasteiger partial charge in [0.2, 0.25) is 0 Å². The number of aryl methyl sites for hydroxylation is 2. The van der Waals surface area contributed by atoms with Crippen molar-refractivity contribution in [1.82, 2.24) is 9.78 Å². The van der Waals surface area contributed by atoms with Gasteiger partial charge < -0.3 is 4.74 Å². The van der Waals surface area contributed by atoms with Crippen LogP contribution in [0.15, 0.2) is 24.4 Å². The molecule has 0 spiro atoms. The van der Waals surface area contributed by atoms with Gasteiger partial charge in [-0.25, -0.2) is 9.48 Å². The third kappa shape index (κ3) is 2.40. The third-order valence-electron chi connectivity index (χ3n) is 2.86. The van der Waals surface area contributed by atoms with Crippen molar-refractivity contribution in [2.24, 2.45) is 0 Å². The normalized spacial score (nSPS) is 10.3. The zero-order valence-electron chi connectivity index (χ0n) is 11.0. The number of aldehydes is 1. The minimum Gasteiger partial charge on any atom is -0.464 e. The minimum absolute atomic E-state index is 0.0263. The summed E-state index contributed by atoms with van der Waals surface area (Å²) in [5, 5.41) is 4.13. The second kappa shape index (κ2) is 5.06. The molecule has 2 aromatic rings. The van der Waals surface area contributed by atoms with E-state index in [-0.39, 0.29) is 11.3 Å². The number of ether oxygens (including phenoxy) is 1. The summed E-state index contributed by atoms with van der Waals surface area (Å²) in [7, 11) is 1.26. The maximum absolute atomic E-state index is 11.5. The van der Waals surface area contributed by atoms with Crippen LogP contribution in [0.5, 0.6) is 0 Å². The van der Waals surface area contributed by atoms with Crippen molar-refractivity contribution in [2.75, 3.05) is 7.11 Å². The summed E-state index contributed by atoms with van der Waals surface area (Å²) in [5.74, 6) is -0.619. The Morgan fingerprint density at radius 1 is 1.37 bits per heavy atom. The van der Waals surface area contributed by atoms with E-state index in [1.807, 2.05) is 32.0 Å². The first-order valence-corrected chi connectivity index (χ1v) is 5.77. The molecule has 19 heavy (non-hydrogen) atoms. The molecule has 5 nitrogen and oxygen atoms in total. The molecule has 0 saturated carbocycles. The van der Waals surface area contributed by atoms with Crippen LogP contribution >= 0.6 is 0 Å². The van der Waals surface area contributed by atoms with E-state index in [4.69, 9.17) is 0 Å². The molecule has 5 heteroatoms. The van der Waals surface area contributed by atoms with Crippen LogP contribution in [-0.4, -0.2) is 29.1 Å². The Kier molecular flexibility index (Phi) is 3.46. The van der Waals surface area contributed by atoms with Crippen molar-refractivity contribution in [3.8, 4) is 5.69 Å². The quantitative estimate of drug-likeness (QED) is 0.624. The highest BCUT2D eigenvalue weighted by Crippen LogP contribution is 2.17. The number of benzene rings is 1. The average molecular weight is 258 g/mol. The number of methoxy groups -OCH3 is 1. The highest BCUT2D eigenvalue weighted by Gasteiger charge is 2.18. The van der Waals surface area contributed by atoms with Crippen molar-refractivity contribution in [2.45, 2.75) is 13.8 Å².